The van der Waals surface area contributed by atoms with Crippen LogP contribution in [0.3, 0.4) is 0 Å². The number of carbonyl (C=O) groups is 1. The maximum absolute atomic E-state index is 12.8. The number of amides is 1. The first-order valence-electron chi connectivity index (χ1n) is 10.6. The minimum Gasteiger partial charge on any atom is -0.396 e. The Bertz CT molecular complexity index is 1110. The van der Waals surface area contributed by atoms with Gasteiger partial charge in [-0.05, 0) is 37.5 Å². The van der Waals surface area contributed by atoms with E-state index >= 15 is 0 Å². The van der Waals surface area contributed by atoms with Gasteiger partial charge in [0.15, 0.2) is 5.69 Å². The first kappa shape index (κ1) is 20.0. The number of aliphatic hydroxyl groups excluding tert-OH is 1. The number of benzene rings is 1. The van der Waals surface area contributed by atoms with Gasteiger partial charge in [0, 0.05) is 56.0 Å². The monoisotopic (exact) mass is 421 g/mol. The highest BCUT2D eigenvalue weighted by Gasteiger charge is 2.53. The lowest BCUT2D eigenvalue weighted by molar-refractivity contribution is 0.0709. The van der Waals surface area contributed by atoms with E-state index in [0.29, 0.717) is 24.5 Å². The van der Waals surface area contributed by atoms with Crippen LogP contribution in [0.25, 0.3) is 5.69 Å². The van der Waals surface area contributed by atoms with E-state index in [2.05, 4.69) is 40.4 Å². The van der Waals surface area contributed by atoms with Crippen LogP contribution in [0.1, 0.15) is 27.4 Å². The molecule has 8 heteroatoms. The van der Waals surface area contributed by atoms with Crippen molar-refractivity contribution in [1.82, 2.24) is 24.7 Å². The summed E-state index contributed by atoms with van der Waals surface area (Å²) >= 11 is 0. The van der Waals surface area contributed by atoms with E-state index in [1.807, 2.05) is 27.9 Å². The van der Waals surface area contributed by atoms with E-state index in [1.165, 1.54) is 5.56 Å². The van der Waals surface area contributed by atoms with Crippen molar-refractivity contribution < 1.29 is 14.4 Å². The Kier molecular flexibility index (Phi) is 4.91. The lowest BCUT2D eigenvalue weighted by Crippen LogP contribution is -2.38. The molecule has 0 saturated carbocycles. The molecule has 0 spiro atoms. The molecule has 2 atom stereocenters. The average molecular weight is 422 g/mol. The van der Waals surface area contributed by atoms with Crippen LogP contribution in [0.5, 0.6) is 0 Å². The summed E-state index contributed by atoms with van der Waals surface area (Å²) in [6, 6.07) is 9.93. The molecular formula is C23H27N5O3. The third-order valence-electron chi connectivity index (χ3n) is 6.59. The molecule has 8 nitrogen and oxygen atoms in total. The fraction of sp³-hybridized carbons (Fsp3) is 0.435. The normalized spacial score (nSPS) is 23.5. The van der Waals surface area contributed by atoms with E-state index in [0.717, 1.165) is 30.9 Å². The molecular weight excluding hydrogens is 394 g/mol. The number of aryl methyl sites for hydroxylation is 2. The third kappa shape index (κ3) is 3.66. The minimum atomic E-state index is -0.291. The number of hydrogen-bond donors (Lipinski definition) is 1. The topological polar surface area (TPSA) is 87.6 Å². The quantitative estimate of drug-likeness (QED) is 0.678. The van der Waals surface area contributed by atoms with Crippen LogP contribution in [-0.2, 0) is 6.54 Å². The molecule has 1 amide bonds. The molecule has 2 aliphatic rings. The SMILES string of the molecule is Cc1cccc(-n2cc(CN3C[C@H]4CN(C(=O)c5cc(C)on5)C[C@@]4(CO)C3)cn2)c1. The molecule has 2 fully saturated rings. The summed E-state index contributed by atoms with van der Waals surface area (Å²) in [7, 11) is 0. The van der Waals surface area contributed by atoms with Crippen LogP contribution in [0, 0.1) is 25.2 Å². The second-order valence-corrected chi connectivity index (χ2v) is 9.03. The first-order chi connectivity index (χ1) is 15.0. The summed E-state index contributed by atoms with van der Waals surface area (Å²) in [6.07, 6.45) is 3.97. The predicted molar refractivity (Wildman–Crippen MR) is 114 cm³/mol. The van der Waals surface area contributed by atoms with Gasteiger partial charge in [-0.2, -0.15) is 5.10 Å². The minimum absolute atomic E-state index is 0.0678. The molecule has 31 heavy (non-hydrogen) atoms. The van der Waals surface area contributed by atoms with Crippen LogP contribution in [0.4, 0.5) is 0 Å². The molecule has 2 aromatic heterocycles. The summed E-state index contributed by atoms with van der Waals surface area (Å²) < 4.78 is 6.96. The van der Waals surface area contributed by atoms with Crippen LogP contribution in [-0.4, -0.2) is 68.5 Å². The van der Waals surface area contributed by atoms with Crippen molar-refractivity contribution in [2.45, 2.75) is 20.4 Å². The zero-order valence-corrected chi connectivity index (χ0v) is 17.9. The highest BCUT2D eigenvalue weighted by atomic mass is 16.5. The Hall–Kier alpha value is -2.97. The summed E-state index contributed by atoms with van der Waals surface area (Å²) in [4.78, 5) is 17.0. The summed E-state index contributed by atoms with van der Waals surface area (Å²) in [6.45, 7) is 7.46. The smallest absolute Gasteiger partial charge is 0.276 e. The number of carbonyl (C=O) groups excluding carboxylic acids is 1. The molecule has 0 bridgehead atoms. The lowest BCUT2D eigenvalue weighted by atomic mass is 9.82. The van der Waals surface area contributed by atoms with Crippen molar-refractivity contribution in [3.8, 4) is 5.69 Å². The molecule has 162 valence electrons. The zero-order chi connectivity index (χ0) is 21.6. The Balaban J connectivity index is 1.25. The number of aromatic nitrogens is 3. The van der Waals surface area contributed by atoms with Gasteiger partial charge in [-0.1, -0.05) is 17.3 Å². The van der Waals surface area contributed by atoms with Crippen molar-refractivity contribution in [1.29, 1.82) is 0 Å². The Labute approximate surface area is 181 Å². The standard InChI is InChI=1S/C23H27N5O3/c1-16-4-3-5-20(6-16)28-10-18(8-24-28)9-26-11-19-12-27(14-23(19,13-26)15-29)22(30)21-7-17(2)31-25-21/h3-8,10,19,29H,9,11-15H2,1-2H3/t19-,23+/m0/s1. The van der Waals surface area contributed by atoms with Gasteiger partial charge in [-0.3, -0.25) is 9.69 Å². The largest absolute Gasteiger partial charge is 0.396 e. The Morgan fingerprint density at radius 3 is 2.84 bits per heavy atom. The van der Waals surface area contributed by atoms with Crippen LogP contribution in [0.15, 0.2) is 47.2 Å². The van der Waals surface area contributed by atoms with Crippen molar-refractivity contribution in [2.75, 3.05) is 32.8 Å². The maximum Gasteiger partial charge on any atom is 0.276 e. The number of hydrogen-bond acceptors (Lipinski definition) is 6. The highest BCUT2D eigenvalue weighted by Crippen LogP contribution is 2.43. The summed E-state index contributed by atoms with van der Waals surface area (Å²) in [5.41, 5.74) is 3.44. The first-order valence-corrected chi connectivity index (χ1v) is 10.6. The van der Waals surface area contributed by atoms with Crippen LogP contribution >= 0.6 is 0 Å². The van der Waals surface area contributed by atoms with Gasteiger partial charge in [0.05, 0.1) is 18.5 Å². The molecule has 0 aliphatic carbocycles. The van der Waals surface area contributed by atoms with Crippen molar-refractivity contribution in [3.05, 3.63) is 65.3 Å². The van der Waals surface area contributed by atoms with Gasteiger partial charge >= 0.3 is 0 Å². The second kappa shape index (κ2) is 7.62. The van der Waals surface area contributed by atoms with Crippen molar-refractivity contribution in [3.63, 3.8) is 0 Å². The Morgan fingerprint density at radius 2 is 2.13 bits per heavy atom. The van der Waals surface area contributed by atoms with Crippen molar-refractivity contribution in [2.24, 2.45) is 11.3 Å². The molecule has 2 aliphatic heterocycles. The maximum atomic E-state index is 12.8. The molecule has 0 radical (unpaired) electrons. The van der Waals surface area contributed by atoms with E-state index in [4.69, 9.17) is 4.52 Å². The molecule has 2 saturated heterocycles. The third-order valence-corrected chi connectivity index (χ3v) is 6.59. The van der Waals surface area contributed by atoms with Gasteiger partial charge < -0.3 is 14.5 Å². The average Bonchev–Trinajstić information content (AvgIpc) is 3.51. The van der Waals surface area contributed by atoms with Gasteiger partial charge in [-0.25, -0.2) is 4.68 Å². The van der Waals surface area contributed by atoms with E-state index in [-0.39, 0.29) is 23.8 Å². The molecule has 4 heterocycles. The van der Waals surface area contributed by atoms with Gasteiger partial charge in [-0.15, -0.1) is 0 Å². The molecule has 3 aromatic rings. The van der Waals surface area contributed by atoms with E-state index < -0.39 is 0 Å². The number of likely N-dealkylation sites (tertiary alicyclic amines) is 2. The zero-order valence-electron chi connectivity index (χ0n) is 17.9. The van der Waals surface area contributed by atoms with Crippen molar-refractivity contribution >= 4 is 5.91 Å². The molecule has 1 N–H and O–H groups in total. The molecule has 0 unspecified atom stereocenters. The second-order valence-electron chi connectivity index (χ2n) is 9.03. The van der Waals surface area contributed by atoms with Crippen LogP contribution < -0.4 is 0 Å². The highest BCUT2D eigenvalue weighted by molar-refractivity contribution is 5.92. The fourth-order valence-corrected chi connectivity index (χ4v) is 5.03. The van der Waals surface area contributed by atoms with Gasteiger partial charge in [0.1, 0.15) is 5.76 Å². The van der Waals surface area contributed by atoms with Gasteiger partial charge in [0.2, 0.25) is 0 Å². The van der Waals surface area contributed by atoms with E-state index in [9.17, 15) is 9.90 Å². The van der Waals surface area contributed by atoms with Gasteiger partial charge in [0.25, 0.3) is 5.91 Å². The number of rotatable bonds is 5. The fourth-order valence-electron chi connectivity index (χ4n) is 5.03. The van der Waals surface area contributed by atoms with Crippen LogP contribution in [0.2, 0.25) is 0 Å². The number of nitrogens with zero attached hydrogens (tertiary/aromatic N) is 5. The molecule has 5 rings (SSSR count). The number of fused-ring (bicyclic) bond motifs is 1. The van der Waals surface area contributed by atoms with E-state index in [1.54, 1.807) is 13.0 Å². The molecule has 1 aromatic carbocycles. The predicted octanol–water partition coefficient (Wildman–Crippen LogP) is 2.04. The summed E-state index contributed by atoms with van der Waals surface area (Å²) in [5, 5.41) is 18.6. The number of aliphatic hydroxyl groups is 1. The Morgan fingerprint density at radius 1 is 1.26 bits per heavy atom. The summed E-state index contributed by atoms with van der Waals surface area (Å²) in [5.74, 6) is 0.739. The lowest BCUT2D eigenvalue weighted by Gasteiger charge is -2.27.